The molecular formula is C15H27NO. The highest BCUT2D eigenvalue weighted by Crippen LogP contribution is 2.28. The van der Waals surface area contributed by atoms with Crippen LogP contribution < -0.4 is 0 Å². The van der Waals surface area contributed by atoms with Crippen molar-refractivity contribution in [3.8, 4) is 11.8 Å². The Hall–Kier alpha value is -0.520. The Morgan fingerprint density at radius 2 is 2.18 bits per heavy atom. The van der Waals surface area contributed by atoms with Crippen molar-refractivity contribution >= 4 is 0 Å². The van der Waals surface area contributed by atoms with Crippen LogP contribution in [0.5, 0.6) is 0 Å². The van der Waals surface area contributed by atoms with E-state index in [4.69, 9.17) is 4.74 Å². The van der Waals surface area contributed by atoms with Crippen LogP contribution in [0.4, 0.5) is 0 Å². The zero-order valence-corrected chi connectivity index (χ0v) is 11.8. The summed E-state index contributed by atoms with van der Waals surface area (Å²) >= 11 is 0. The van der Waals surface area contributed by atoms with E-state index in [0.29, 0.717) is 18.8 Å². The van der Waals surface area contributed by atoms with Gasteiger partial charge in [-0.05, 0) is 39.7 Å². The van der Waals surface area contributed by atoms with E-state index < -0.39 is 0 Å². The number of ether oxygens (including phenoxy) is 1. The minimum atomic E-state index is 0.374. The predicted octanol–water partition coefficient (Wildman–Crippen LogP) is 2.93. The quantitative estimate of drug-likeness (QED) is 0.682. The first-order valence-electron chi connectivity index (χ1n) is 6.90. The molecule has 3 atom stereocenters. The second-order valence-corrected chi connectivity index (χ2v) is 5.18. The van der Waals surface area contributed by atoms with E-state index in [0.717, 1.165) is 12.5 Å². The molecule has 1 aliphatic rings. The van der Waals surface area contributed by atoms with E-state index in [1.54, 1.807) is 0 Å². The molecule has 0 aromatic rings. The van der Waals surface area contributed by atoms with Gasteiger partial charge < -0.3 is 9.64 Å². The summed E-state index contributed by atoms with van der Waals surface area (Å²) < 4.78 is 5.84. The summed E-state index contributed by atoms with van der Waals surface area (Å²) in [7, 11) is 2.21. The van der Waals surface area contributed by atoms with E-state index in [-0.39, 0.29) is 0 Å². The van der Waals surface area contributed by atoms with Gasteiger partial charge in [-0.25, -0.2) is 0 Å². The van der Waals surface area contributed by atoms with Gasteiger partial charge in [-0.3, -0.25) is 0 Å². The molecule has 0 N–H and O–H groups in total. The van der Waals surface area contributed by atoms with Crippen molar-refractivity contribution < 1.29 is 4.74 Å². The maximum Gasteiger partial charge on any atom is 0.108 e. The molecule has 1 saturated heterocycles. The van der Waals surface area contributed by atoms with E-state index in [1.807, 2.05) is 6.92 Å². The minimum Gasteiger partial charge on any atom is -0.364 e. The van der Waals surface area contributed by atoms with E-state index in [1.165, 1.54) is 25.7 Å². The average molecular weight is 237 g/mol. The van der Waals surface area contributed by atoms with Gasteiger partial charge in [0.1, 0.15) is 6.61 Å². The third-order valence-electron chi connectivity index (χ3n) is 3.93. The molecule has 0 aromatic carbocycles. The summed E-state index contributed by atoms with van der Waals surface area (Å²) in [6.07, 6.45) is 5.54. The van der Waals surface area contributed by atoms with Crippen LogP contribution in [0.15, 0.2) is 0 Å². The molecule has 2 nitrogen and oxygen atoms in total. The zero-order chi connectivity index (χ0) is 12.7. The van der Waals surface area contributed by atoms with E-state index in [2.05, 4.69) is 37.6 Å². The molecule has 3 unspecified atom stereocenters. The maximum absolute atomic E-state index is 5.84. The monoisotopic (exact) mass is 237 g/mol. The average Bonchev–Trinajstić information content (AvgIpc) is 2.32. The van der Waals surface area contributed by atoms with Crippen molar-refractivity contribution in [1.29, 1.82) is 0 Å². The van der Waals surface area contributed by atoms with Crippen LogP contribution >= 0.6 is 0 Å². The third kappa shape index (κ3) is 4.69. The van der Waals surface area contributed by atoms with E-state index >= 15 is 0 Å². The molecule has 0 aromatic heterocycles. The van der Waals surface area contributed by atoms with Crippen molar-refractivity contribution in [3.05, 3.63) is 0 Å². The van der Waals surface area contributed by atoms with Gasteiger partial charge in [0.05, 0.1) is 6.10 Å². The van der Waals surface area contributed by atoms with Crippen LogP contribution in [0.3, 0.4) is 0 Å². The highest BCUT2D eigenvalue weighted by molar-refractivity contribution is 4.95. The number of piperidine rings is 1. The highest BCUT2D eigenvalue weighted by atomic mass is 16.5. The molecule has 0 radical (unpaired) electrons. The lowest BCUT2D eigenvalue weighted by atomic mass is 9.85. The number of likely N-dealkylation sites (N-methyl/N-ethyl adjacent to an activating group) is 1. The van der Waals surface area contributed by atoms with Crippen LogP contribution in [0, 0.1) is 17.8 Å². The fourth-order valence-electron chi connectivity index (χ4n) is 2.63. The Labute approximate surface area is 107 Å². The second kappa shape index (κ2) is 7.74. The molecule has 0 spiro atoms. The van der Waals surface area contributed by atoms with Gasteiger partial charge in [-0.2, -0.15) is 0 Å². The molecule has 0 bridgehead atoms. The number of unbranched alkanes of at least 4 members (excludes halogenated alkanes) is 1. The summed E-state index contributed by atoms with van der Waals surface area (Å²) in [5.74, 6) is 6.66. The Balaban J connectivity index is 2.43. The first kappa shape index (κ1) is 14.5. The molecule has 1 fully saturated rings. The predicted molar refractivity (Wildman–Crippen MR) is 72.9 cm³/mol. The summed E-state index contributed by atoms with van der Waals surface area (Å²) in [6.45, 7) is 8.12. The highest BCUT2D eigenvalue weighted by Gasteiger charge is 2.31. The maximum atomic E-state index is 5.84. The van der Waals surface area contributed by atoms with Gasteiger partial charge in [0, 0.05) is 12.6 Å². The third-order valence-corrected chi connectivity index (χ3v) is 3.93. The van der Waals surface area contributed by atoms with Crippen molar-refractivity contribution in [2.45, 2.75) is 58.6 Å². The van der Waals surface area contributed by atoms with Gasteiger partial charge in [0.2, 0.25) is 0 Å². The smallest absolute Gasteiger partial charge is 0.108 e. The number of hydrogen-bond acceptors (Lipinski definition) is 2. The lowest BCUT2D eigenvalue weighted by Gasteiger charge is -2.41. The fourth-order valence-corrected chi connectivity index (χ4v) is 2.63. The molecule has 1 rings (SSSR count). The summed E-state index contributed by atoms with van der Waals surface area (Å²) in [6, 6.07) is 0.693. The van der Waals surface area contributed by atoms with Gasteiger partial charge in [-0.15, -0.1) is 5.92 Å². The molecule has 98 valence electrons. The van der Waals surface area contributed by atoms with Crippen LogP contribution in [-0.4, -0.2) is 37.2 Å². The molecule has 0 aliphatic carbocycles. The Kier molecular flexibility index (Phi) is 6.62. The normalized spacial score (nSPS) is 29.8. The first-order chi connectivity index (χ1) is 8.19. The van der Waals surface area contributed by atoms with Gasteiger partial charge in [-0.1, -0.05) is 25.7 Å². The number of likely N-dealkylation sites (tertiary alicyclic amines) is 1. The minimum absolute atomic E-state index is 0.374. The topological polar surface area (TPSA) is 12.5 Å². The summed E-state index contributed by atoms with van der Waals surface area (Å²) in [5.41, 5.74) is 0. The lowest BCUT2D eigenvalue weighted by molar-refractivity contribution is -0.0226. The van der Waals surface area contributed by atoms with Gasteiger partial charge >= 0.3 is 0 Å². The molecule has 2 heteroatoms. The first-order valence-corrected chi connectivity index (χ1v) is 6.90. The van der Waals surface area contributed by atoms with Crippen molar-refractivity contribution in [2.24, 2.45) is 5.92 Å². The van der Waals surface area contributed by atoms with Crippen LogP contribution in [-0.2, 0) is 4.74 Å². The van der Waals surface area contributed by atoms with Crippen molar-refractivity contribution in [1.82, 2.24) is 4.90 Å². The van der Waals surface area contributed by atoms with Crippen molar-refractivity contribution in [3.63, 3.8) is 0 Å². The number of hydrogen-bond donors (Lipinski definition) is 0. The van der Waals surface area contributed by atoms with Gasteiger partial charge in [0.25, 0.3) is 0 Å². The molecule has 1 heterocycles. The van der Waals surface area contributed by atoms with Crippen LogP contribution in [0.25, 0.3) is 0 Å². The molecule has 1 aliphatic heterocycles. The standard InChI is InChI=1S/C15H27NO/c1-5-7-9-14-11-15(17-10-8-6-2)12-16(4)13(14)3/h13-15H,5,7,9-12H2,1-4H3. The molecule has 0 saturated carbocycles. The molecular weight excluding hydrogens is 210 g/mol. The van der Waals surface area contributed by atoms with Crippen LogP contribution in [0.1, 0.15) is 46.5 Å². The molecule has 0 amide bonds. The lowest BCUT2D eigenvalue weighted by Crippen LogP contribution is -2.48. The zero-order valence-electron chi connectivity index (χ0n) is 11.8. The fraction of sp³-hybridized carbons (Fsp3) is 0.867. The van der Waals surface area contributed by atoms with Gasteiger partial charge in [0.15, 0.2) is 0 Å². The molecule has 17 heavy (non-hydrogen) atoms. The second-order valence-electron chi connectivity index (χ2n) is 5.18. The SMILES string of the molecule is CC#CCOC1CC(CCCC)C(C)N(C)C1. The van der Waals surface area contributed by atoms with E-state index in [9.17, 15) is 0 Å². The van der Waals surface area contributed by atoms with Crippen LogP contribution in [0.2, 0.25) is 0 Å². The largest absolute Gasteiger partial charge is 0.364 e. The Morgan fingerprint density at radius 3 is 2.82 bits per heavy atom. The number of rotatable bonds is 5. The Morgan fingerprint density at radius 1 is 1.41 bits per heavy atom. The Bertz CT molecular complexity index is 266. The summed E-state index contributed by atoms with van der Waals surface area (Å²) in [4.78, 5) is 2.44. The summed E-state index contributed by atoms with van der Waals surface area (Å²) in [5, 5.41) is 0. The van der Waals surface area contributed by atoms with Crippen molar-refractivity contribution in [2.75, 3.05) is 20.2 Å². The number of nitrogens with zero attached hydrogens (tertiary/aromatic N) is 1.